The molecule has 1 atom stereocenters. The number of rotatable bonds is 8. The maximum absolute atomic E-state index is 13.8. The molecule has 0 saturated carbocycles. The summed E-state index contributed by atoms with van der Waals surface area (Å²) < 4.78 is 26.3. The predicted octanol–water partition coefficient (Wildman–Crippen LogP) is 3.86. The molecule has 3 aromatic rings. The van der Waals surface area contributed by atoms with Gasteiger partial charge in [0.1, 0.15) is 11.8 Å². The quantitative estimate of drug-likeness (QED) is 0.313. The second-order valence-corrected chi connectivity index (χ2v) is 6.91. The van der Waals surface area contributed by atoms with Crippen molar-refractivity contribution in [3.8, 4) is 5.75 Å². The molecule has 0 aliphatic heterocycles. The van der Waals surface area contributed by atoms with E-state index in [1.54, 1.807) is 18.9 Å². The molecule has 0 aliphatic rings. The number of esters is 1. The van der Waals surface area contributed by atoms with Gasteiger partial charge in [-0.3, -0.25) is 0 Å². The number of carbonyl (C=O) groups is 1. The first-order chi connectivity index (χ1) is 13.9. The molecule has 2 aromatic heterocycles. The summed E-state index contributed by atoms with van der Waals surface area (Å²) >= 11 is 5.73. The van der Waals surface area contributed by atoms with Crippen LogP contribution in [-0.2, 0) is 9.53 Å². The minimum Gasteiger partial charge on any atom is -0.494 e. The number of hydrogen-bond donors (Lipinski definition) is 0. The Morgan fingerprint density at radius 3 is 2.93 bits per heavy atom. The van der Waals surface area contributed by atoms with E-state index in [1.807, 2.05) is 35.0 Å². The van der Waals surface area contributed by atoms with Gasteiger partial charge in [-0.05, 0) is 49.2 Å². The van der Waals surface area contributed by atoms with E-state index in [-0.39, 0.29) is 17.1 Å². The lowest BCUT2D eigenvalue weighted by Crippen LogP contribution is -2.22. The molecule has 154 valence electrons. The molecule has 0 saturated heterocycles. The van der Waals surface area contributed by atoms with Gasteiger partial charge in [-0.15, -0.1) is 0 Å². The maximum atomic E-state index is 13.8. The highest BCUT2D eigenvalue weighted by Crippen LogP contribution is 2.25. The molecule has 1 aromatic carbocycles. The van der Waals surface area contributed by atoms with Crippen molar-refractivity contribution < 1.29 is 18.7 Å². The third-order valence-corrected chi connectivity index (χ3v) is 4.80. The molecule has 0 bridgehead atoms. The van der Waals surface area contributed by atoms with E-state index in [1.165, 1.54) is 7.11 Å². The molecule has 2 heterocycles. The number of hydrogen-bond acceptors (Lipinski definition) is 6. The van der Waals surface area contributed by atoms with Crippen molar-refractivity contribution in [1.29, 1.82) is 0 Å². The Labute approximate surface area is 173 Å². The SMILES string of the molecule is COC(=O)C(C)n1ccc2cc(OCCCN(C)c3nc(Cl)ncc3F)ccc21. The number of fused-ring (bicyclic) bond motifs is 1. The Hall–Kier alpha value is -2.87. The van der Waals surface area contributed by atoms with E-state index in [4.69, 9.17) is 21.1 Å². The third-order valence-electron chi connectivity index (χ3n) is 4.62. The smallest absolute Gasteiger partial charge is 0.328 e. The summed E-state index contributed by atoms with van der Waals surface area (Å²) in [5.41, 5.74) is 0.922. The van der Waals surface area contributed by atoms with Crippen LogP contribution in [0.1, 0.15) is 19.4 Å². The van der Waals surface area contributed by atoms with Gasteiger partial charge in [-0.25, -0.2) is 14.2 Å². The van der Waals surface area contributed by atoms with E-state index >= 15 is 0 Å². The van der Waals surface area contributed by atoms with E-state index in [9.17, 15) is 9.18 Å². The summed E-state index contributed by atoms with van der Waals surface area (Å²) in [7, 11) is 3.11. The molecular formula is C20H22ClFN4O3. The highest BCUT2D eigenvalue weighted by molar-refractivity contribution is 6.28. The molecule has 0 aliphatic carbocycles. The summed E-state index contributed by atoms with van der Waals surface area (Å²) in [5, 5.41) is 0.972. The highest BCUT2D eigenvalue weighted by atomic mass is 35.5. The zero-order valence-corrected chi connectivity index (χ0v) is 17.2. The van der Waals surface area contributed by atoms with Gasteiger partial charge in [0.2, 0.25) is 5.28 Å². The van der Waals surface area contributed by atoms with Crippen molar-refractivity contribution >= 4 is 34.3 Å². The van der Waals surface area contributed by atoms with Gasteiger partial charge < -0.3 is 18.9 Å². The summed E-state index contributed by atoms with van der Waals surface area (Å²) in [4.78, 5) is 21.0. The molecule has 29 heavy (non-hydrogen) atoms. The van der Waals surface area contributed by atoms with Crippen molar-refractivity contribution in [1.82, 2.24) is 14.5 Å². The second kappa shape index (κ2) is 9.09. The normalized spacial score (nSPS) is 12.0. The molecular weight excluding hydrogens is 399 g/mol. The molecule has 0 N–H and O–H groups in total. The van der Waals surface area contributed by atoms with E-state index in [0.29, 0.717) is 19.6 Å². The molecule has 0 amide bonds. The Bertz CT molecular complexity index is 1010. The first-order valence-electron chi connectivity index (χ1n) is 9.11. The van der Waals surface area contributed by atoms with Crippen LogP contribution in [0.2, 0.25) is 5.28 Å². The minimum absolute atomic E-state index is 0.00579. The number of carbonyl (C=O) groups excluding carboxylic acids is 1. The van der Waals surface area contributed by atoms with Gasteiger partial charge in [0.25, 0.3) is 0 Å². The van der Waals surface area contributed by atoms with Crippen molar-refractivity contribution in [2.75, 3.05) is 32.2 Å². The van der Waals surface area contributed by atoms with Crippen LogP contribution >= 0.6 is 11.6 Å². The average Bonchev–Trinajstić information content (AvgIpc) is 3.14. The number of ether oxygens (including phenoxy) is 2. The van der Waals surface area contributed by atoms with E-state index in [0.717, 1.165) is 22.8 Å². The van der Waals surface area contributed by atoms with Crippen molar-refractivity contribution in [2.45, 2.75) is 19.4 Å². The highest BCUT2D eigenvalue weighted by Gasteiger charge is 2.17. The number of benzene rings is 1. The van der Waals surface area contributed by atoms with Gasteiger partial charge in [0.15, 0.2) is 11.6 Å². The zero-order valence-electron chi connectivity index (χ0n) is 16.4. The van der Waals surface area contributed by atoms with Crippen LogP contribution in [0.5, 0.6) is 5.75 Å². The lowest BCUT2D eigenvalue weighted by Gasteiger charge is -2.18. The standard InChI is InChI=1S/C20H22ClFN4O3/c1-13(19(27)28-3)26-9-7-14-11-15(5-6-17(14)26)29-10-4-8-25(2)18-16(22)12-23-20(21)24-18/h5-7,9,11-13H,4,8,10H2,1-3H3. The molecule has 3 rings (SSSR count). The van der Waals surface area contributed by atoms with E-state index < -0.39 is 11.9 Å². The molecule has 0 fully saturated rings. The topological polar surface area (TPSA) is 69.5 Å². The minimum atomic E-state index is -0.519. The van der Waals surface area contributed by atoms with Gasteiger partial charge in [0, 0.05) is 30.7 Å². The first-order valence-corrected chi connectivity index (χ1v) is 9.49. The number of methoxy groups -OCH3 is 1. The van der Waals surface area contributed by atoms with Crippen molar-refractivity contribution in [3.05, 3.63) is 47.8 Å². The van der Waals surface area contributed by atoms with Gasteiger partial charge in [-0.2, -0.15) is 4.98 Å². The maximum Gasteiger partial charge on any atom is 0.328 e. The summed E-state index contributed by atoms with van der Waals surface area (Å²) in [6.45, 7) is 2.79. The number of anilines is 1. The third kappa shape index (κ3) is 4.76. The van der Waals surface area contributed by atoms with Crippen LogP contribution in [-0.4, -0.2) is 47.8 Å². The predicted molar refractivity (Wildman–Crippen MR) is 109 cm³/mol. The Balaban J connectivity index is 1.57. The summed E-state index contributed by atoms with van der Waals surface area (Å²) in [6.07, 6.45) is 3.57. The fourth-order valence-electron chi connectivity index (χ4n) is 3.06. The molecule has 9 heteroatoms. The summed E-state index contributed by atoms with van der Waals surface area (Å²) in [6, 6.07) is 7.21. The monoisotopic (exact) mass is 420 g/mol. The van der Waals surface area contributed by atoms with Crippen LogP contribution in [0.3, 0.4) is 0 Å². The van der Waals surface area contributed by atoms with Gasteiger partial charge in [-0.1, -0.05) is 0 Å². The molecule has 1 unspecified atom stereocenters. The number of aromatic nitrogens is 3. The van der Waals surface area contributed by atoms with Crippen molar-refractivity contribution in [3.63, 3.8) is 0 Å². The lowest BCUT2D eigenvalue weighted by molar-refractivity contribution is -0.143. The van der Waals surface area contributed by atoms with Crippen LogP contribution < -0.4 is 9.64 Å². The Morgan fingerprint density at radius 1 is 1.38 bits per heavy atom. The summed E-state index contributed by atoms with van der Waals surface area (Å²) in [5.74, 6) is 0.0645. The van der Waals surface area contributed by atoms with E-state index in [2.05, 4.69) is 9.97 Å². The Kier molecular flexibility index (Phi) is 6.53. The fourth-order valence-corrected chi connectivity index (χ4v) is 3.19. The zero-order chi connectivity index (χ0) is 21.0. The second-order valence-electron chi connectivity index (χ2n) is 6.58. The number of halogens is 2. The lowest BCUT2D eigenvalue weighted by atomic mass is 10.2. The van der Waals surface area contributed by atoms with Crippen molar-refractivity contribution in [2.24, 2.45) is 0 Å². The Morgan fingerprint density at radius 2 is 2.17 bits per heavy atom. The van der Waals surface area contributed by atoms with Crippen LogP contribution in [0.4, 0.5) is 10.2 Å². The largest absolute Gasteiger partial charge is 0.494 e. The van der Waals surface area contributed by atoms with Gasteiger partial charge >= 0.3 is 5.97 Å². The number of nitrogens with zero attached hydrogens (tertiary/aromatic N) is 4. The molecule has 7 nitrogen and oxygen atoms in total. The molecule has 0 radical (unpaired) electrons. The van der Waals surface area contributed by atoms with Crippen LogP contribution in [0.25, 0.3) is 10.9 Å². The van der Waals surface area contributed by atoms with Crippen LogP contribution in [0.15, 0.2) is 36.7 Å². The fraction of sp³-hybridized carbons (Fsp3) is 0.350. The average molecular weight is 421 g/mol. The first kappa shape index (κ1) is 20.9. The van der Waals surface area contributed by atoms with Crippen LogP contribution in [0, 0.1) is 5.82 Å². The molecule has 0 spiro atoms. The van der Waals surface area contributed by atoms with Gasteiger partial charge in [0.05, 0.1) is 19.9 Å².